The first-order valence-electron chi connectivity index (χ1n) is 9.67. The van der Waals surface area contributed by atoms with Gasteiger partial charge in [-0.15, -0.1) is 0 Å². The molecule has 1 aliphatic heterocycles. The van der Waals surface area contributed by atoms with Gasteiger partial charge in [0.05, 0.1) is 10.6 Å². The molecule has 0 radical (unpaired) electrons. The quantitative estimate of drug-likeness (QED) is 0.699. The molecule has 6 nitrogen and oxygen atoms in total. The number of anilines is 1. The van der Waals surface area contributed by atoms with Crippen molar-refractivity contribution in [2.45, 2.75) is 18.7 Å². The number of nitrogens with zero attached hydrogens (tertiary/aromatic N) is 3. The van der Waals surface area contributed by atoms with Crippen molar-refractivity contribution >= 4 is 33.2 Å². The topological polar surface area (TPSA) is 60.9 Å². The Morgan fingerprint density at radius 2 is 1.66 bits per heavy atom. The number of para-hydroxylation sites is 1. The summed E-state index contributed by atoms with van der Waals surface area (Å²) < 4.78 is 28.0. The highest BCUT2D eigenvalue weighted by Crippen LogP contribution is 2.27. The monoisotopic (exact) mass is 435 g/mol. The van der Waals surface area contributed by atoms with Gasteiger partial charge in [-0.05, 0) is 49.4 Å². The van der Waals surface area contributed by atoms with Gasteiger partial charge in [-0.1, -0.05) is 36.7 Å². The first-order chi connectivity index (χ1) is 13.8. The fraction of sp³-hybridized carbons (Fsp3) is 0.381. The molecule has 0 aromatic heterocycles. The molecule has 0 aliphatic carbocycles. The van der Waals surface area contributed by atoms with Gasteiger partial charge < -0.3 is 9.80 Å². The second kappa shape index (κ2) is 9.15. The Morgan fingerprint density at radius 1 is 1.03 bits per heavy atom. The van der Waals surface area contributed by atoms with E-state index in [1.807, 2.05) is 19.1 Å². The fourth-order valence-electron chi connectivity index (χ4n) is 3.41. The van der Waals surface area contributed by atoms with E-state index < -0.39 is 10.0 Å². The standard InChI is InChI=1S/C21H26ClN3O3S/c1-3-23-12-14-24(15-13-23)21(26)16-25(20-7-5-4-6-17(20)2)29(27,28)19-10-8-18(22)9-11-19/h4-11H,3,12-16H2,1-2H3. The largest absolute Gasteiger partial charge is 0.339 e. The molecule has 1 heterocycles. The summed E-state index contributed by atoms with van der Waals surface area (Å²) in [5, 5.41) is 0.455. The Morgan fingerprint density at radius 3 is 2.24 bits per heavy atom. The zero-order valence-corrected chi connectivity index (χ0v) is 18.3. The van der Waals surface area contributed by atoms with Crippen molar-refractivity contribution in [3.63, 3.8) is 0 Å². The Labute approximate surface area is 177 Å². The first-order valence-corrected chi connectivity index (χ1v) is 11.5. The van der Waals surface area contributed by atoms with Crippen molar-refractivity contribution in [3.8, 4) is 0 Å². The number of carbonyl (C=O) groups excluding carboxylic acids is 1. The lowest BCUT2D eigenvalue weighted by Gasteiger charge is -2.35. The van der Waals surface area contributed by atoms with E-state index in [2.05, 4.69) is 11.8 Å². The summed E-state index contributed by atoms with van der Waals surface area (Å²) >= 11 is 5.92. The van der Waals surface area contributed by atoms with Gasteiger partial charge in [-0.3, -0.25) is 9.10 Å². The van der Waals surface area contributed by atoms with E-state index in [1.54, 1.807) is 17.0 Å². The van der Waals surface area contributed by atoms with Gasteiger partial charge in [-0.25, -0.2) is 8.42 Å². The van der Waals surface area contributed by atoms with E-state index in [0.29, 0.717) is 23.8 Å². The molecule has 1 fully saturated rings. The third-order valence-electron chi connectivity index (χ3n) is 5.24. The number of benzene rings is 2. The third kappa shape index (κ3) is 4.91. The van der Waals surface area contributed by atoms with E-state index in [-0.39, 0.29) is 17.3 Å². The molecule has 0 N–H and O–H groups in total. The first kappa shape index (κ1) is 21.6. The summed E-state index contributed by atoms with van der Waals surface area (Å²) in [6.45, 7) is 7.46. The maximum atomic E-state index is 13.4. The molecule has 0 atom stereocenters. The number of hydrogen-bond acceptors (Lipinski definition) is 4. The molecule has 8 heteroatoms. The summed E-state index contributed by atoms with van der Waals surface area (Å²) in [6, 6.07) is 13.2. The van der Waals surface area contributed by atoms with Gasteiger partial charge in [0.2, 0.25) is 5.91 Å². The van der Waals surface area contributed by atoms with Crippen molar-refractivity contribution < 1.29 is 13.2 Å². The van der Waals surface area contributed by atoms with Crippen LogP contribution in [-0.2, 0) is 14.8 Å². The van der Waals surface area contributed by atoms with Gasteiger partial charge in [0.15, 0.2) is 0 Å². The van der Waals surface area contributed by atoms with Crippen molar-refractivity contribution in [1.82, 2.24) is 9.80 Å². The van der Waals surface area contributed by atoms with Crippen LogP contribution in [0, 0.1) is 6.92 Å². The van der Waals surface area contributed by atoms with Crippen molar-refractivity contribution in [3.05, 3.63) is 59.1 Å². The molecule has 3 rings (SSSR count). The fourth-order valence-corrected chi connectivity index (χ4v) is 5.02. The summed E-state index contributed by atoms with van der Waals surface area (Å²) in [5.41, 5.74) is 1.29. The van der Waals surface area contributed by atoms with Crippen molar-refractivity contribution in [2.75, 3.05) is 43.6 Å². The van der Waals surface area contributed by atoms with Crippen LogP contribution in [0.25, 0.3) is 0 Å². The molecule has 1 amide bonds. The van der Waals surface area contributed by atoms with E-state index in [9.17, 15) is 13.2 Å². The second-order valence-electron chi connectivity index (χ2n) is 7.07. The van der Waals surface area contributed by atoms with Crippen LogP contribution < -0.4 is 4.31 Å². The lowest BCUT2D eigenvalue weighted by molar-refractivity contribution is -0.131. The number of amides is 1. The molecule has 0 spiro atoms. The number of hydrogen-bond donors (Lipinski definition) is 0. The normalized spacial score (nSPS) is 15.3. The lowest BCUT2D eigenvalue weighted by atomic mass is 10.2. The van der Waals surface area contributed by atoms with Gasteiger partial charge >= 0.3 is 0 Å². The van der Waals surface area contributed by atoms with Gasteiger partial charge in [0, 0.05) is 31.2 Å². The zero-order chi connectivity index (χ0) is 21.0. The molecule has 0 unspecified atom stereocenters. The maximum Gasteiger partial charge on any atom is 0.264 e. The van der Waals surface area contributed by atoms with Gasteiger partial charge in [-0.2, -0.15) is 0 Å². The number of aryl methyl sites for hydroxylation is 1. The molecule has 1 saturated heterocycles. The molecule has 2 aromatic rings. The third-order valence-corrected chi connectivity index (χ3v) is 7.26. The number of halogens is 1. The van der Waals surface area contributed by atoms with Crippen LogP contribution in [0.2, 0.25) is 5.02 Å². The summed E-state index contributed by atoms with van der Waals surface area (Å²) in [5.74, 6) is -0.193. The SMILES string of the molecule is CCN1CCN(C(=O)CN(c2ccccc2C)S(=O)(=O)c2ccc(Cl)cc2)CC1. The van der Waals surface area contributed by atoms with Crippen LogP contribution in [0.4, 0.5) is 5.69 Å². The highest BCUT2D eigenvalue weighted by Gasteiger charge is 2.30. The molecule has 2 aromatic carbocycles. The van der Waals surface area contributed by atoms with Crippen LogP contribution in [0.5, 0.6) is 0 Å². The predicted molar refractivity (Wildman–Crippen MR) is 116 cm³/mol. The van der Waals surface area contributed by atoms with Crippen LogP contribution in [0.3, 0.4) is 0 Å². The Hall–Kier alpha value is -2.09. The Kier molecular flexibility index (Phi) is 6.82. The number of likely N-dealkylation sites (N-methyl/N-ethyl adjacent to an activating group) is 1. The second-order valence-corrected chi connectivity index (χ2v) is 9.37. The van der Waals surface area contributed by atoms with Gasteiger partial charge in [0.1, 0.15) is 6.54 Å². The molecule has 1 aliphatic rings. The average Bonchev–Trinajstić information content (AvgIpc) is 2.73. The van der Waals surface area contributed by atoms with E-state index in [4.69, 9.17) is 11.6 Å². The van der Waals surface area contributed by atoms with Crippen molar-refractivity contribution in [2.24, 2.45) is 0 Å². The maximum absolute atomic E-state index is 13.4. The Bertz CT molecular complexity index is 955. The van der Waals surface area contributed by atoms with E-state index in [1.165, 1.54) is 28.6 Å². The van der Waals surface area contributed by atoms with E-state index >= 15 is 0 Å². The molecule has 29 heavy (non-hydrogen) atoms. The highest BCUT2D eigenvalue weighted by molar-refractivity contribution is 7.92. The molecule has 156 valence electrons. The molecule has 0 saturated carbocycles. The number of piperazine rings is 1. The van der Waals surface area contributed by atoms with Crippen LogP contribution in [0.1, 0.15) is 12.5 Å². The average molecular weight is 436 g/mol. The van der Waals surface area contributed by atoms with Crippen LogP contribution in [-0.4, -0.2) is 63.4 Å². The summed E-state index contributed by atoms with van der Waals surface area (Å²) in [6.07, 6.45) is 0. The smallest absolute Gasteiger partial charge is 0.264 e. The van der Waals surface area contributed by atoms with Crippen LogP contribution in [0.15, 0.2) is 53.4 Å². The molecular weight excluding hydrogens is 410 g/mol. The molecule has 0 bridgehead atoms. The minimum Gasteiger partial charge on any atom is -0.339 e. The van der Waals surface area contributed by atoms with Crippen molar-refractivity contribution in [1.29, 1.82) is 0 Å². The minimum atomic E-state index is -3.93. The number of sulfonamides is 1. The van der Waals surface area contributed by atoms with Crippen LogP contribution >= 0.6 is 11.6 Å². The highest BCUT2D eigenvalue weighted by atomic mass is 35.5. The number of carbonyl (C=O) groups is 1. The van der Waals surface area contributed by atoms with Gasteiger partial charge in [0.25, 0.3) is 10.0 Å². The number of rotatable bonds is 6. The van der Waals surface area contributed by atoms with E-state index in [0.717, 1.165) is 25.2 Å². The predicted octanol–water partition coefficient (Wildman–Crippen LogP) is 3.01. The lowest BCUT2D eigenvalue weighted by Crippen LogP contribution is -2.51. The molecular formula is C21H26ClN3O3S. The minimum absolute atomic E-state index is 0.105. The summed E-state index contributed by atoms with van der Waals surface area (Å²) in [4.78, 5) is 17.1. The zero-order valence-electron chi connectivity index (χ0n) is 16.7. The summed E-state index contributed by atoms with van der Waals surface area (Å²) in [7, 11) is -3.93. The Balaban J connectivity index is 1.91.